The molecule has 7 nitrogen and oxygen atoms in total. The second-order valence-corrected chi connectivity index (χ2v) is 6.71. The number of anilines is 1. The average Bonchev–Trinajstić information content (AvgIpc) is 3.35. The molecule has 0 unspecified atom stereocenters. The second-order valence-electron chi connectivity index (χ2n) is 6.71. The highest BCUT2D eigenvalue weighted by Crippen LogP contribution is 2.25. The van der Waals surface area contributed by atoms with Crippen LogP contribution in [0.2, 0.25) is 0 Å². The van der Waals surface area contributed by atoms with Gasteiger partial charge in [0.15, 0.2) is 11.6 Å². The monoisotopic (exact) mass is 358 g/mol. The van der Waals surface area contributed by atoms with Crippen LogP contribution in [0.5, 0.6) is 0 Å². The fraction of sp³-hybridized carbons (Fsp3) is 0.200. The first-order valence-corrected chi connectivity index (χ1v) is 8.82. The molecule has 4 heterocycles. The molecular weight excluding hydrogens is 340 g/mol. The molecule has 5 rings (SSSR count). The van der Waals surface area contributed by atoms with Gasteiger partial charge in [-0.2, -0.15) is 5.10 Å². The van der Waals surface area contributed by atoms with Crippen LogP contribution >= 0.6 is 0 Å². The van der Waals surface area contributed by atoms with Gasteiger partial charge in [-0.25, -0.2) is 0 Å². The normalized spacial score (nSPS) is 13.0. The van der Waals surface area contributed by atoms with E-state index in [4.69, 9.17) is 4.52 Å². The molecule has 0 aliphatic carbocycles. The Morgan fingerprint density at radius 1 is 1.19 bits per heavy atom. The molecule has 0 spiro atoms. The van der Waals surface area contributed by atoms with Gasteiger partial charge in [0, 0.05) is 28.9 Å². The van der Waals surface area contributed by atoms with Crippen molar-refractivity contribution in [2.45, 2.75) is 26.9 Å². The quantitative estimate of drug-likeness (QED) is 0.606. The van der Waals surface area contributed by atoms with Gasteiger partial charge in [-0.15, -0.1) is 0 Å². The highest BCUT2D eigenvalue weighted by Gasteiger charge is 2.17. The van der Waals surface area contributed by atoms with E-state index in [1.165, 1.54) is 0 Å². The van der Waals surface area contributed by atoms with E-state index in [-0.39, 0.29) is 0 Å². The van der Waals surface area contributed by atoms with E-state index < -0.39 is 0 Å². The zero-order chi connectivity index (χ0) is 18.4. The van der Waals surface area contributed by atoms with E-state index in [1.54, 1.807) is 6.20 Å². The summed E-state index contributed by atoms with van der Waals surface area (Å²) in [6, 6.07) is 12.1. The number of nitrogens with zero attached hydrogens (tertiary/aromatic N) is 5. The van der Waals surface area contributed by atoms with Crippen molar-refractivity contribution >= 4 is 22.4 Å². The maximum atomic E-state index is 5.33. The highest BCUT2D eigenvalue weighted by atomic mass is 16.5. The van der Waals surface area contributed by atoms with Gasteiger partial charge in [0.2, 0.25) is 0 Å². The number of benzene rings is 1. The maximum Gasteiger partial charge on any atom is 0.158 e. The van der Waals surface area contributed by atoms with Crippen molar-refractivity contribution in [3.63, 3.8) is 0 Å². The van der Waals surface area contributed by atoms with Crippen molar-refractivity contribution in [2.75, 3.05) is 5.32 Å². The van der Waals surface area contributed by atoms with Crippen LogP contribution in [-0.4, -0.2) is 25.8 Å². The van der Waals surface area contributed by atoms with Crippen molar-refractivity contribution in [2.24, 2.45) is 4.99 Å². The molecule has 4 aromatic rings. The summed E-state index contributed by atoms with van der Waals surface area (Å²) in [6.45, 7) is 5.15. The Morgan fingerprint density at radius 2 is 2.11 bits per heavy atom. The third kappa shape index (κ3) is 2.77. The SMILES string of the molecule is Cc1cc(Cn2nc(C)c3cc(NC4=NCc5cccnc54)ccc32)on1. The minimum absolute atomic E-state index is 0.557. The van der Waals surface area contributed by atoms with E-state index in [9.17, 15) is 0 Å². The standard InChI is InChI=1S/C20H18N6O/c1-12-8-16(27-25-12)11-26-18-6-5-15(9-17(18)13(2)24-26)23-20-19-14(10-22-20)4-3-7-21-19/h3-9H,10-11H2,1-2H3,(H,22,23). The summed E-state index contributed by atoms with van der Waals surface area (Å²) in [4.78, 5) is 9.01. The summed E-state index contributed by atoms with van der Waals surface area (Å²) < 4.78 is 7.27. The van der Waals surface area contributed by atoms with Crippen LogP contribution in [0.3, 0.4) is 0 Å². The molecule has 0 saturated heterocycles. The van der Waals surface area contributed by atoms with Gasteiger partial charge in [0.25, 0.3) is 0 Å². The summed E-state index contributed by atoms with van der Waals surface area (Å²) in [5.74, 6) is 1.61. The Bertz CT molecular complexity index is 1190. The average molecular weight is 358 g/mol. The van der Waals surface area contributed by atoms with Crippen LogP contribution in [0.1, 0.15) is 28.4 Å². The number of aryl methyl sites for hydroxylation is 2. The van der Waals surface area contributed by atoms with Gasteiger partial charge in [0.05, 0.1) is 23.4 Å². The molecule has 134 valence electrons. The number of pyridine rings is 1. The summed E-state index contributed by atoms with van der Waals surface area (Å²) in [5.41, 5.74) is 5.93. The third-order valence-corrected chi connectivity index (χ3v) is 4.70. The predicted molar refractivity (Wildman–Crippen MR) is 103 cm³/mol. The lowest BCUT2D eigenvalue weighted by molar-refractivity contribution is 0.369. The molecule has 0 atom stereocenters. The Kier molecular flexibility index (Phi) is 3.53. The molecule has 0 amide bonds. The number of hydrogen-bond donors (Lipinski definition) is 1. The Hall–Kier alpha value is -3.48. The number of nitrogens with one attached hydrogen (secondary N) is 1. The Morgan fingerprint density at radius 3 is 2.96 bits per heavy atom. The summed E-state index contributed by atoms with van der Waals surface area (Å²) >= 11 is 0. The Labute approximate surface area is 155 Å². The molecule has 1 aromatic carbocycles. The van der Waals surface area contributed by atoms with Crippen molar-refractivity contribution in [1.29, 1.82) is 0 Å². The van der Waals surface area contributed by atoms with Crippen LogP contribution in [0.15, 0.2) is 52.1 Å². The fourth-order valence-corrected chi connectivity index (χ4v) is 3.43. The molecular formula is C20H18N6O. The van der Waals surface area contributed by atoms with Gasteiger partial charge in [-0.3, -0.25) is 14.7 Å². The van der Waals surface area contributed by atoms with Gasteiger partial charge < -0.3 is 9.84 Å². The van der Waals surface area contributed by atoms with E-state index >= 15 is 0 Å². The number of hydrogen-bond acceptors (Lipinski definition) is 6. The maximum absolute atomic E-state index is 5.33. The number of fused-ring (bicyclic) bond motifs is 2. The molecule has 0 fully saturated rings. The van der Waals surface area contributed by atoms with Crippen LogP contribution in [-0.2, 0) is 13.1 Å². The zero-order valence-corrected chi connectivity index (χ0v) is 15.1. The number of rotatable bonds is 3. The van der Waals surface area contributed by atoms with Gasteiger partial charge in [-0.05, 0) is 38.1 Å². The van der Waals surface area contributed by atoms with Crippen molar-refractivity contribution in [3.05, 3.63) is 71.0 Å². The lowest BCUT2D eigenvalue weighted by atomic mass is 10.2. The molecule has 3 aromatic heterocycles. The number of amidine groups is 1. The summed E-state index contributed by atoms with van der Waals surface area (Å²) in [6.07, 6.45) is 1.80. The Balaban J connectivity index is 1.45. The van der Waals surface area contributed by atoms with Gasteiger partial charge in [-0.1, -0.05) is 11.2 Å². The van der Waals surface area contributed by atoms with Crippen molar-refractivity contribution < 1.29 is 4.52 Å². The topological polar surface area (TPSA) is 81.1 Å². The molecule has 7 heteroatoms. The van der Waals surface area contributed by atoms with E-state index in [0.717, 1.165) is 50.8 Å². The molecule has 1 N–H and O–H groups in total. The molecule has 1 aliphatic heterocycles. The van der Waals surface area contributed by atoms with Gasteiger partial charge in [0.1, 0.15) is 12.2 Å². The second kappa shape index (κ2) is 6.05. The summed E-state index contributed by atoms with van der Waals surface area (Å²) in [7, 11) is 0. The largest absolute Gasteiger partial charge is 0.359 e. The smallest absolute Gasteiger partial charge is 0.158 e. The van der Waals surface area contributed by atoms with Crippen LogP contribution < -0.4 is 5.32 Å². The molecule has 0 radical (unpaired) electrons. The first-order valence-electron chi connectivity index (χ1n) is 8.82. The molecule has 0 saturated carbocycles. The van der Waals surface area contributed by atoms with Gasteiger partial charge >= 0.3 is 0 Å². The molecule has 1 aliphatic rings. The highest BCUT2D eigenvalue weighted by molar-refractivity contribution is 6.09. The van der Waals surface area contributed by atoms with Crippen molar-refractivity contribution in [3.8, 4) is 0 Å². The molecule has 27 heavy (non-hydrogen) atoms. The van der Waals surface area contributed by atoms with Crippen LogP contribution in [0.4, 0.5) is 5.69 Å². The minimum Gasteiger partial charge on any atom is -0.359 e. The first kappa shape index (κ1) is 15.7. The van der Waals surface area contributed by atoms with E-state index in [2.05, 4.69) is 43.7 Å². The predicted octanol–water partition coefficient (Wildman–Crippen LogP) is 3.46. The zero-order valence-electron chi connectivity index (χ0n) is 15.1. The lowest BCUT2D eigenvalue weighted by Crippen LogP contribution is -2.13. The third-order valence-electron chi connectivity index (χ3n) is 4.70. The number of aromatic nitrogens is 4. The molecule has 0 bridgehead atoms. The van der Waals surface area contributed by atoms with Crippen molar-refractivity contribution in [1.82, 2.24) is 19.9 Å². The lowest BCUT2D eigenvalue weighted by Gasteiger charge is -2.07. The van der Waals surface area contributed by atoms with Crippen LogP contribution in [0.25, 0.3) is 10.9 Å². The van der Waals surface area contributed by atoms with E-state index in [1.807, 2.05) is 36.7 Å². The van der Waals surface area contributed by atoms with Crippen LogP contribution in [0, 0.1) is 13.8 Å². The first-order chi connectivity index (χ1) is 13.2. The number of aliphatic imine (C=N–C) groups is 1. The fourth-order valence-electron chi connectivity index (χ4n) is 3.43. The minimum atomic E-state index is 0.557. The summed E-state index contributed by atoms with van der Waals surface area (Å²) in [5, 5.41) is 13.1. The van der Waals surface area contributed by atoms with E-state index in [0.29, 0.717) is 13.1 Å².